The van der Waals surface area contributed by atoms with Crippen LogP contribution in [0.3, 0.4) is 0 Å². The van der Waals surface area contributed by atoms with Crippen molar-refractivity contribution in [3.63, 3.8) is 0 Å². The van der Waals surface area contributed by atoms with Gasteiger partial charge in [0.1, 0.15) is 5.75 Å². The number of hydrogen-bond acceptors (Lipinski definition) is 6. The number of nitrogens with zero attached hydrogens (tertiary/aromatic N) is 1. The van der Waals surface area contributed by atoms with Crippen molar-refractivity contribution in [1.29, 1.82) is 0 Å². The number of rotatable bonds is 7. The average molecular weight is 382 g/mol. The van der Waals surface area contributed by atoms with E-state index in [1.54, 1.807) is 38.3 Å². The number of carbonyl (C=O) groups excluding carboxylic acids is 3. The Hall–Kier alpha value is -3.19. The van der Waals surface area contributed by atoms with Gasteiger partial charge in [-0.05, 0) is 48.9 Å². The fraction of sp³-hybridized carbons (Fsp3) is 0.286. The molecule has 7 nitrogen and oxygen atoms in total. The van der Waals surface area contributed by atoms with Crippen LogP contribution in [0.4, 0.5) is 5.69 Å². The van der Waals surface area contributed by atoms with Gasteiger partial charge in [-0.2, -0.15) is 0 Å². The van der Waals surface area contributed by atoms with Gasteiger partial charge in [0.2, 0.25) is 5.91 Å². The SMILES string of the molecule is CCOC(=O)c1ccc(N2C(=O)CC(NCc3ccc(OC)cc3)C2=O)cc1. The lowest BCUT2D eigenvalue weighted by molar-refractivity contribution is -0.121. The number of amides is 2. The summed E-state index contributed by atoms with van der Waals surface area (Å²) in [5.74, 6) is -0.260. The molecule has 28 heavy (non-hydrogen) atoms. The highest BCUT2D eigenvalue weighted by Gasteiger charge is 2.39. The van der Waals surface area contributed by atoms with E-state index in [0.717, 1.165) is 16.2 Å². The number of benzene rings is 2. The highest BCUT2D eigenvalue weighted by molar-refractivity contribution is 6.22. The van der Waals surface area contributed by atoms with Crippen LogP contribution in [0.1, 0.15) is 29.3 Å². The fourth-order valence-corrected chi connectivity index (χ4v) is 3.01. The van der Waals surface area contributed by atoms with Crippen molar-refractivity contribution in [3.05, 3.63) is 59.7 Å². The number of imide groups is 1. The molecule has 1 fully saturated rings. The van der Waals surface area contributed by atoms with Crippen LogP contribution in [-0.4, -0.2) is 37.5 Å². The van der Waals surface area contributed by atoms with Crippen LogP contribution in [-0.2, 0) is 20.9 Å². The summed E-state index contributed by atoms with van der Waals surface area (Å²) >= 11 is 0. The summed E-state index contributed by atoms with van der Waals surface area (Å²) in [5, 5.41) is 3.13. The predicted octanol–water partition coefficient (Wildman–Crippen LogP) is 2.29. The minimum atomic E-state index is -0.584. The molecular formula is C21H22N2O5. The van der Waals surface area contributed by atoms with Gasteiger partial charge >= 0.3 is 5.97 Å². The summed E-state index contributed by atoms with van der Waals surface area (Å²) < 4.78 is 10.1. The summed E-state index contributed by atoms with van der Waals surface area (Å²) in [6.07, 6.45) is 0.0919. The van der Waals surface area contributed by atoms with Gasteiger partial charge in [-0.3, -0.25) is 9.59 Å². The summed E-state index contributed by atoms with van der Waals surface area (Å²) in [6, 6.07) is 13.2. The van der Waals surface area contributed by atoms with Gasteiger partial charge in [-0.1, -0.05) is 12.1 Å². The van der Waals surface area contributed by atoms with E-state index in [1.807, 2.05) is 24.3 Å². The highest BCUT2D eigenvalue weighted by Crippen LogP contribution is 2.24. The maximum atomic E-state index is 12.7. The number of anilines is 1. The fourth-order valence-electron chi connectivity index (χ4n) is 3.01. The molecule has 3 rings (SSSR count). The quantitative estimate of drug-likeness (QED) is 0.584. The van der Waals surface area contributed by atoms with Crippen LogP contribution >= 0.6 is 0 Å². The standard InChI is InChI=1S/C21H22N2O5/c1-3-28-21(26)15-6-8-16(9-7-15)23-19(24)12-18(20(23)25)22-13-14-4-10-17(27-2)11-5-14/h4-11,18,22H,3,12-13H2,1-2H3. The van der Waals surface area contributed by atoms with Crippen molar-refractivity contribution in [2.24, 2.45) is 0 Å². The van der Waals surface area contributed by atoms with Gasteiger partial charge in [-0.15, -0.1) is 0 Å². The molecule has 1 saturated heterocycles. The molecule has 1 aliphatic heterocycles. The molecule has 7 heteroatoms. The third-order valence-electron chi connectivity index (χ3n) is 4.49. The molecule has 1 N–H and O–H groups in total. The molecule has 1 atom stereocenters. The summed E-state index contributed by atoms with van der Waals surface area (Å²) in [7, 11) is 1.60. The second-order valence-corrected chi connectivity index (χ2v) is 6.32. The molecule has 2 aromatic carbocycles. The highest BCUT2D eigenvalue weighted by atomic mass is 16.5. The Bertz CT molecular complexity index is 861. The number of esters is 1. The van der Waals surface area contributed by atoms with Crippen LogP contribution in [0.2, 0.25) is 0 Å². The van der Waals surface area contributed by atoms with Crippen LogP contribution in [0.5, 0.6) is 5.75 Å². The molecule has 0 spiro atoms. The second kappa shape index (κ2) is 8.67. The van der Waals surface area contributed by atoms with Crippen LogP contribution in [0.25, 0.3) is 0 Å². The van der Waals surface area contributed by atoms with Gasteiger partial charge in [0.05, 0.1) is 37.4 Å². The molecule has 0 bridgehead atoms. The van der Waals surface area contributed by atoms with Gasteiger partial charge in [0, 0.05) is 6.54 Å². The molecule has 0 aliphatic carbocycles. The summed E-state index contributed by atoms with van der Waals surface area (Å²) in [5.41, 5.74) is 1.80. The van der Waals surface area contributed by atoms with Crippen molar-refractivity contribution in [2.45, 2.75) is 25.9 Å². The Morgan fingerprint density at radius 1 is 1.11 bits per heavy atom. The number of nitrogens with one attached hydrogen (secondary N) is 1. The van der Waals surface area contributed by atoms with Crippen LogP contribution in [0.15, 0.2) is 48.5 Å². The lowest BCUT2D eigenvalue weighted by atomic mass is 10.2. The summed E-state index contributed by atoms with van der Waals surface area (Å²) in [4.78, 5) is 37.9. The number of hydrogen-bond donors (Lipinski definition) is 1. The maximum absolute atomic E-state index is 12.7. The first-order valence-corrected chi connectivity index (χ1v) is 9.03. The first-order chi connectivity index (χ1) is 13.5. The van der Waals surface area contributed by atoms with Crippen molar-refractivity contribution in [2.75, 3.05) is 18.6 Å². The van der Waals surface area contributed by atoms with Crippen molar-refractivity contribution in [3.8, 4) is 5.75 Å². The van der Waals surface area contributed by atoms with E-state index in [4.69, 9.17) is 9.47 Å². The lowest BCUT2D eigenvalue weighted by Gasteiger charge is -2.16. The Labute approximate surface area is 163 Å². The molecule has 146 valence electrons. The van der Waals surface area contributed by atoms with E-state index in [0.29, 0.717) is 17.8 Å². The number of carbonyl (C=O) groups is 3. The molecule has 1 aliphatic rings. The molecule has 2 aromatic rings. The first kappa shape index (κ1) is 19.6. The molecule has 0 aromatic heterocycles. The minimum Gasteiger partial charge on any atom is -0.497 e. The van der Waals surface area contributed by atoms with E-state index in [2.05, 4.69) is 5.32 Å². The zero-order valence-corrected chi connectivity index (χ0v) is 15.8. The molecule has 1 heterocycles. The Kier molecular flexibility index (Phi) is 6.06. The Morgan fingerprint density at radius 2 is 1.79 bits per heavy atom. The van der Waals surface area contributed by atoms with Crippen LogP contribution in [0, 0.1) is 0 Å². The van der Waals surface area contributed by atoms with Gasteiger partial charge in [0.15, 0.2) is 0 Å². The third kappa shape index (κ3) is 4.20. The Morgan fingerprint density at radius 3 is 2.39 bits per heavy atom. The maximum Gasteiger partial charge on any atom is 0.338 e. The van der Waals surface area contributed by atoms with Crippen LogP contribution < -0.4 is 15.0 Å². The first-order valence-electron chi connectivity index (χ1n) is 9.03. The zero-order chi connectivity index (χ0) is 20.1. The normalized spacial score (nSPS) is 16.4. The average Bonchev–Trinajstić information content (AvgIpc) is 3.00. The topological polar surface area (TPSA) is 84.9 Å². The Balaban J connectivity index is 1.65. The van der Waals surface area contributed by atoms with E-state index < -0.39 is 12.0 Å². The second-order valence-electron chi connectivity index (χ2n) is 6.32. The van der Waals surface area contributed by atoms with E-state index >= 15 is 0 Å². The van der Waals surface area contributed by atoms with Crippen molar-refractivity contribution in [1.82, 2.24) is 5.32 Å². The van der Waals surface area contributed by atoms with Gasteiger partial charge < -0.3 is 14.8 Å². The van der Waals surface area contributed by atoms with Crippen molar-refractivity contribution < 1.29 is 23.9 Å². The third-order valence-corrected chi connectivity index (χ3v) is 4.49. The number of ether oxygens (including phenoxy) is 2. The van der Waals surface area contributed by atoms with Crippen molar-refractivity contribution >= 4 is 23.5 Å². The monoisotopic (exact) mass is 382 g/mol. The minimum absolute atomic E-state index is 0.0919. The van der Waals surface area contributed by atoms with E-state index in [9.17, 15) is 14.4 Å². The zero-order valence-electron chi connectivity index (χ0n) is 15.8. The molecular weight excluding hydrogens is 360 g/mol. The molecule has 0 saturated carbocycles. The molecule has 1 unspecified atom stereocenters. The van der Waals surface area contributed by atoms with Gasteiger partial charge in [0.25, 0.3) is 5.91 Å². The van der Waals surface area contributed by atoms with E-state index in [1.165, 1.54) is 0 Å². The van der Waals surface area contributed by atoms with Gasteiger partial charge in [-0.25, -0.2) is 9.69 Å². The largest absolute Gasteiger partial charge is 0.497 e. The molecule has 0 radical (unpaired) electrons. The summed E-state index contributed by atoms with van der Waals surface area (Å²) in [6.45, 7) is 2.47. The predicted molar refractivity (Wildman–Crippen MR) is 103 cm³/mol. The van der Waals surface area contributed by atoms with E-state index in [-0.39, 0.29) is 24.8 Å². The number of methoxy groups -OCH3 is 1. The lowest BCUT2D eigenvalue weighted by Crippen LogP contribution is -2.38. The smallest absolute Gasteiger partial charge is 0.338 e. The molecule has 2 amide bonds.